The van der Waals surface area contributed by atoms with Crippen molar-refractivity contribution < 1.29 is 28.7 Å². The first-order valence-electron chi connectivity index (χ1n) is 6.68. The van der Waals surface area contributed by atoms with Gasteiger partial charge in [0.25, 0.3) is 0 Å². The van der Waals surface area contributed by atoms with Crippen molar-refractivity contribution in [3.05, 3.63) is 57.6 Å². The van der Waals surface area contributed by atoms with Crippen LogP contribution in [-0.2, 0) is 4.74 Å². The van der Waals surface area contributed by atoms with Gasteiger partial charge in [-0.1, -0.05) is 0 Å². The number of nitro benzene ring substituents is 1. The minimum Gasteiger partial charge on any atom is -0.493 e. The maximum atomic E-state index is 11.5. The third kappa shape index (κ3) is 3.49. The van der Waals surface area contributed by atoms with Crippen LogP contribution in [0.4, 0.5) is 5.69 Å². The van der Waals surface area contributed by atoms with Gasteiger partial charge in [-0.05, 0) is 30.3 Å². The summed E-state index contributed by atoms with van der Waals surface area (Å²) in [5.74, 6) is -0.342. The second kappa shape index (κ2) is 7.23. The third-order valence-electron chi connectivity index (χ3n) is 3.12. The molecule has 24 heavy (non-hydrogen) atoms. The van der Waals surface area contributed by atoms with Crippen LogP contribution < -0.4 is 9.47 Å². The van der Waals surface area contributed by atoms with Crippen LogP contribution in [0.2, 0.25) is 0 Å². The van der Waals surface area contributed by atoms with Crippen molar-refractivity contribution in [1.82, 2.24) is 0 Å². The smallest absolute Gasteiger partial charge is 0.338 e. The van der Waals surface area contributed by atoms with Crippen molar-refractivity contribution in [3.63, 3.8) is 0 Å². The molecule has 2 aromatic rings. The van der Waals surface area contributed by atoms with Crippen LogP contribution in [0.3, 0.4) is 0 Å². The molecule has 2 aromatic carbocycles. The molecule has 0 aromatic heterocycles. The molecule has 0 fully saturated rings. The number of nitrogens with zero attached hydrogens (tertiary/aromatic N) is 1. The van der Waals surface area contributed by atoms with Crippen molar-refractivity contribution in [1.29, 1.82) is 0 Å². The predicted octanol–water partition coefficient (Wildman–Crippen LogP) is 2.99. The summed E-state index contributed by atoms with van der Waals surface area (Å²) in [6.45, 7) is 0. The monoisotopic (exact) mass is 331 g/mol. The van der Waals surface area contributed by atoms with Crippen molar-refractivity contribution >= 4 is 17.9 Å². The first-order chi connectivity index (χ1) is 11.5. The van der Waals surface area contributed by atoms with Crippen LogP contribution in [0, 0.1) is 10.1 Å². The van der Waals surface area contributed by atoms with Crippen LogP contribution in [0.15, 0.2) is 36.4 Å². The number of hydrogen-bond donors (Lipinski definition) is 0. The molecule has 0 heterocycles. The van der Waals surface area contributed by atoms with Crippen molar-refractivity contribution in [2.24, 2.45) is 0 Å². The lowest BCUT2D eigenvalue weighted by atomic mass is 10.2. The summed E-state index contributed by atoms with van der Waals surface area (Å²) in [5, 5.41) is 11.2. The minimum atomic E-state index is -0.697. The molecule has 0 saturated carbocycles. The molecule has 8 heteroatoms. The van der Waals surface area contributed by atoms with Crippen LogP contribution in [0.25, 0.3) is 0 Å². The fraction of sp³-hybridized carbons (Fsp3) is 0.125. The largest absolute Gasteiger partial charge is 0.493 e. The first-order valence-corrected chi connectivity index (χ1v) is 6.68. The van der Waals surface area contributed by atoms with Crippen molar-refractivity contribution in [2.45, 2.75) is 0 Å². The summed E-state index contributed by atoms with van der Waals surface area (Å²) in [5.41, 5.74) is -0.00558. The van der Waals surface area contributed by atoms with Gasteiger partial charge in [-0.15, -0.1) is 0 Å². The number of carbonyl (C=O) groups is 2. The van der Waals surface area contributed by atoms with E-state index in [2.05, 4.69) is 4.74 Å². The molecule has 0 aliphatic rings. The van der Waals surface area contributed by atoms with Gasteiger partial charge < -0.3 is 14.2 Å². The van der Waals surface area contributed by atoms with E-state index in [-0.39, 0.29) is 22.8 Å². The molecule has 0 atom stereocenters. The van der Waals surface area contributed by atoms with E-state index in [0.29, 0.717) is 11.8 Å². The van der Waals surface area contributed by atoms with Crippen LogP contribution in [-0.4, -0.2) is 31.4 Å². The van der Waals surface area contributed by atoms with Crippen LogP contribution >= 0.6 is 0 Å². The molecule has 0 aliphatic carbocycles. The Bertz CT molecular complexity index is 801. The Morgan fingerprint density at radius 1 is 1.08 bits per heavy atom. The SMILES string of the molecule is COC(=O)c1ccc(Oc2ccc(C=O)cc2OC)c([N+](=O)[O-])c1. The van der Waals surface area contributed by atoms with E-state index in [1.165, 1.54) is 44.6 Å². The predicted molar refractivity (Wildman–Crippen MR) is 82.9 cm³/mol. The lowest BCUT2D eigenvalue weighted by molar-refractivity contribution is -0.385. The number of hydrogen-bond acceptors (Lipinski definition) is 7. The summed E-state index contributed by atoms with van der Waals surface area (Å²) in [6, 6.07) is 8.09. The van der Waals surface area contributed by atoms with Gasteiger partial charge in [-0.3, -0.25) is 14.9 Å². The lowest BCUT2D eigenvalue weighted by Crippen LogP contribution is -2.03. The average molecular weight is 331 g/mol. The summed E-state index contributed by atoms with van der Waals surface area (Å²) in [7, 11) is 2.56. The summed E-state index contributed by atoms with van der Waals surface area (Å²) in [6.07, 6.45) is 0.639. The van der Waals surface area contributed by atoms with Gasteiger partial charge in [-0.25, -0.2) is 4.79 Å². The molecule has 8 nitrogen and oxygen atoms in total. The zero-order valence-electron chi connectivity index (χ0n) is 12.8. The summed E-state index contributed by atoms with van der Waals surface area (Å²) in [4.78, 5) is 32.8. The van der Waals surface area contributed by atoms with Gasteiger partial charge >= 0.3 is 11.7 Å². The molecule has 0 bridgehead atoms. The maximum absolute atomic E-state index is 11.5. The van der Waals surface area contributed by atoms with Gasteiger partial charge in [0.1, 0.15) is 6.29 Å². The molecule has 0 amide bonds. The number of benzene rings is 2. The number of aldehydes is 1. The highest BCUT2D eigenvalue weighted by Crippen LogP contribution is 2.37. The van der Waals surface area contributed by atoms with Gasteiger partial charge in [0, 0.05) is 11.6 Å². The highest BCUT2D eigenvalue weighted by Gasteiger charge is 2.21. The van der Waals surface area contributed by atoms with E-state index in [1.54, 1.807) is 0 Å². The fourth-order valence-electron chi connectivity index (χ4n) is 1.95. The Balaban J connectivity index is 2.44. The van der Waals surface area contributed by atoms with E-state index in [9.17, 15) is 19.7 Å². The van der Waals surface area contributed by atoms with Crippen molar-refractivity contribution in [3.8, 4) is 17.2 Å². The molecule has 2 rings (SSSR count). The Hall–Kier alpha value is -3.42. The molecule has 0 saturated heterocycles. The number of nitro groups is 1. The van der Waals surface area contributed by atoms with Crippen LogP contribution in [0.5, 0.6) is 17.2 Å². The molecule has 0 unspecified atom stereocenters. The highest BCUT2D eigenvalue weighted by atomic mass is 16.6. The van der Waals surface area contributed by atoms with E-state index in [1.807, 2.05) is 0 Å². The number of rotatable bonds is 6. The molecule has 124 valence electrons. The molecule has 0 spiro atoms. The van der Waals surface area contributed by atoms with E-state index in [0.717, 1.165) is 6.07 Å². The molecule has 0 aliphatic heterocycles. The van der Waals surface area contributed by atoms with Gasteiger partial charge in [0.15, 0.2) is 11.5 Å². The Morgan fingerprint density at radius 2 is 1.79 bits per heavy atom. The quantitative estimate of drug-likeness (QED) is 0.347. The van der Waals surface area contributed by atoms with Gasteiger partial charge in [0.05, 0.1) is 24.7 Å². The average Bonchev–Trinajstić information content (AvgIpc) is 2.61. The number of esters is 1. The molecule has 0 radical (unpaired) electrons. The molecular formula is C16H13NO7. The topological polar surface area (TPSA) is 105 Å². The number of carbonyl (C=O) groups excluding carboxylic acids is 2. The third-order valence-corrected chi connectivity index (χ3v) is 3.12. The Morgan fingerprint density at radius 3 is 2.38 bits per heavy atom. The zero-order valence-corrected chi connectivity index (χ0v) is 12.8. The van der Waals surface area contributed by atoms with E-state index in [4.69, 9.17) is 9.47 Å². The number of ether oxygens (including phenoxy) is 3. The lowest BCUT2D eigenvalue weighted by Gasteiger charge is -2.11. The Labute approximate surface area is 136 Å². The second-order valence-corrected chi connectivity index (χ2v) is 4.56. The maximum Gasteiger partial charge on any atom is 0.338 e. The van der Waals surface area contributed by atoms with E-state index < -0.39 is 16.6 Å². The summed E-state index contributed by atoms with van der Waals surface area (Å²) < 4.78 is 15.2. The van der Waals surface area contributed by atoms with Gasteiger partial charge in [-0.2, -0.15) is 0 Å². The molecular weight excluding hydrogens is 318 g/mol. The normalized spacial score (nSPS) is 9.92. The zero-order chi connectivity index (χ0) is 17.7. The van der Waals surface area contributed by atoms with E-state index >= 15 is 0 Å². The molecule has 0 N–H and O–H groups in total. The number of methoxy groups -OCH3 is 2. The summed E-state index contributed by atoms with van der Waals surface area (Å²) >= 11 is 0. The van der Waals surface area contributed by atoms with Crippen LogP contribution in [0.1, 0.15) is 20.7 Å². The minimum absolute atomic E-state index is 0.0276. The van der Waals surface area contributed by atoms with Gasteiger partial charge in [0.2, 0.25) is 5.75 Å². The van der Waals surface area contributed by atoms with Crippen molar-refractivity contribution in [2.75, 3.05) is 14.2 Å². The highest BCUT2D eigenvalue weighted by molar-refractivity contribution is 5.90. The Kier molecular flexibility index (Phi) is 5.10. The second-order valence-electron chi connectivity index (χ2n) is 4.56. The standard InChI is InChI=1S/C16H13NO7/c1-22-15-7-10(9-18)3-5-14(15)24-13-6-4-11(16(19)23-2)8-12(13)17(20)21/h3-9H,1-2H3. The fourth-order valence-corrected chi connectivity index (χ4v) is 1.95. The first kappa shape index (κ1) is 16.9.